The molecule has 5 heteroatoms. The molecule has 0 radical (unpaired) electrons. The van der Waals surface area contributed by atoms with Crippen LogP contribution in [0.2, 0.25) is 0 Å². The molecule has 1 saturated heterocycles. The highest BCUT2D eigenvalue weighted by atomic mass is 16.6. The van der Waals surface area contributed by atoms with Gasteiger partial charge in [-0.25, -0.2) is 4.79 Å². The van der Waals surface area contributed by atoms with Crippen LogP contribution in [0.1, 0.15) is 107 Å². The fraction of sp³-hybridized carbons (Fsp3) is 0.733. The number of hydrogen-bond acceptors (Lipinski definition) is 5. The third-order valence-corrected chi connectivity index (χ3v) is 8.03. The van der Waals surface area contributed by atoms with Crippen molar-refractivity contribution < 1.29 is 19.1 Å². The quantitative estimate of drug-likeness (QED) is 0.480. The molecule has 2 saturated carbocycles. The molecule has 4 rings (SSSR count). The third kappa shape index (κ3) is 7.63. The number of esters is 1. The molecule has 3 aliphatic rings. The summed E-state index contributed by atoms with van der Waals surface area (Å²) in [6.45, 7) is 6.36. The molecular weight excluding hydrogens is 438 g/mol. The monoisotopic (exact) mass is 483 g/mol. The lowest BCUT2D eigenvalue weighted by atomic mass is 9.71. The second kappa shape index (κ2) is 12.0. The fourth-order valence-electron chi connectivity index (χ4n) is 6.30. The summed E-state index contributed by atoms with van der Waals surface area (Å²) in [6.07, 6.45) is 14.6. The lowest BCUT2D eigenvalue weighted by molar-refractivity contribution is -0.126. The van der Waals surface area contributed by atoms with Gasteiger partial charge in [-0.2, -0.15) is 0 Å². The van der Waals surface area contributed by atoms with Crippen LogP contribution in [-0.2, 0) is 20.7 Å². The lowest BCUT2D eigenvalue weighted by Gasteiger charge is -2.43. The van der Waals surface area contributed by atoms with Gasteiger partial charge >= 0.3 is 5.97 Å². The Morgan fingerprint density at radius 2 is 1.51 bits per heavy atom. The summed E-state index contributed by atoms with van der Waals surface area (Å²) in [5.41, 5.74) is 0.951. The Kier molecular flexibility index (Phi) is 9.04. The van der Waals surface area contributed by atoms with Crippen molar-refractivity contribution in [2.24, 2.45) is 11.8 Å². The van der Waals surface area contributed by atoms with Crippen LogP contribution in [0.3, 0.4) is 0 Å². The van der Waals surface area contributed by atoms with E-state index in [-0.39, 0.29) is 23.9 Å². The second-order valence-electron chi connectivity index (χ2n) is 12.0. The standard InChI is InChI=1S/C30H45NO4/c1-30(2,3)35-29(33)23-16-14-21(15-17-23)18-27(32)28-26(22-10-6-4-7-11-22)19-25(20-31-28)34-24-12-8-5-9-13-24/h14-17,22,24-26,28,31H,4-13,18-20H2,1-3H3/t25-,26-,28-/m0/s1. The minimum atomic E-state index is -0.523. The van der Waals surface area contributed by atoms with Gasteiger partial charge in [-0.1, -0.05) is 63.5 Å². The largest absolute Gasteiger partial charge is 0.456 e. The van der Waals surface area contributed by atoms with Gasteiger partial charge in [-0.05, 0) is 69.6 Å². The van der Waals surface area contributed by atoms with Gasteiger partial charge in [-0.3, -0.25) is 4.79 Å². The molecule has 1 aromatic rings. The Hall–Kier alpha value is -1.72. The molecule has 1 heterocycles. The fourth-order valence-corrected chi connectivity index (χ4v) is 6.30. The van der Waals surface area contributed by atoms with Crippen molar-refractivity contribution in [2.75, 3.05) is 6.54 Å². The maximum absolute atomic E-state index is 13.5. The number of hydrogen-bond donors (Lipinski definition) is 1. The first-order valence-corrected chi connectivity index (χ1v) is 14.0. The average molecular weight is 484 g/mol. The van der Waals surface area contributed by atoms with Gasteiger partial charge in [0.2, 0.25) is 0 Å². The third-order valence-electron chi connectivity index (χ3n) is 8.03. The number of benzene rings is 1. The van der Waals surface area contributed by atoms with E-state index >= 15 is 0 Å². The number of carbonyl (C=O) groups is 2. The normalized spacial score (nSPS) is 26.9. The SMILES string of the molecule is CC(C)(C)OC(=O)c1ccc(CC(=O)[C@H]2NC[C@@H](OC3CCCCC3)C[C@H]2C2CCCCC2)cc1. The molecule has 1 N–H and O–H groups in total. The zero-order chi connectivity index (χ0) is 24.8. The van der Waals surface area contributed by atoms with Crippen molar-refractivity contribution in [3.8, 4) is 0 Å². The Morgan fingerprint density at radius 3 is 2.14 bits per heavy atom. The van der Waals surface area contributed by atoms with Crippen LogP contribution in [0, 0.1) is 11.8 Å². The van der Waals surface area contributed by atoms with Gasteiger partial charge in [0.05, 0.1) is 23.8 Å². The predicted octanol–water partition coefficient (Wildman–Crippen LogP) is 6.03. The van der Waals surface area contributed by atoms with E-state index < -0.39 is 5.60 Å². The number of carbonyl (C=O) groups excluding carboxylic acids is 2. The van der Waals surface area contributed by atoms with Crippen molar-refractivity contribution in [3.63, 3.8) is 0 Å². The molecule has 1 aliphatic heterocycles. The number of nitrogens with one attached hydrogen (secondary N) is 1. The van der Waals surface area contributed by atoms with Crippen LogP contribution in [0.4, 0.5) is 0 Å². The van der Waals surface area contributed by atoms with E-state index in [0.717, 1.165) is 18.5 Å². The molecular formula is C30H45NO4. The molecule has 5 nitrogen and oxygen atoms in total. The van der Waals surface area contributed by atoms with Crippen molar-refractivity contribution in [2.45, 2.75) is 122 Å². The molecule has 1 aromatic carbocycles. The summed E-state index contributed by atoms with van der Waals surface area (Å²) in [4.78, 5) is 25.9. The number of piperidine rings is 1. The Bertz CT molecular complexity index is 831. The van der Waals surface area contributed by atoms with Crippen molar-refractivity contribution >= 4 is 11.8 Å². The van der Waals surface area contributed by atoms with E-state index in [2.05, 4.69) is 5.32 Å². The molecule has 3 fully saturated rings. The molecule has 0 unspecified atom stereocenters. The van der Waals surface area contributed by atoms with Gasteiger partial charge in [0.25, 0.3) is 0 Å². The van der Waals surface area contributed by atoms with E-state index in [4.69, 9.17) is 9.47 Å². The first-order chi connectivity index (χ1) is 16.8. The van der Waals surface area contributed by atoms with Crippen molar-refractivity contribution in [3.05, 3.63) is 35.4 Å². The first-order valence-electron chi connectivity index (χ1n) is 14.0. The maximum Gasteiger partial charge on any atom is 0.338 e. The van der Waals surface area contributed by atoms with Gasteiger partial charge in [0.15, 0.2) is 5.78 Å². The van der Waals surface area contributed by atoms with E-state index in [1.807, 2.05) is 32.9 Å². The lowest BCUT2D eigenvalue weighted by Crippen LogP contribution is -2.55. The van der Waals surface area contributed by atoms with Gasteiger partial charge in [0.1, 0.15) is 5.60 Å². The average Bonchev–Trinajstić information content (AvgIpc) is 2.84. The highest BCUT2D eigenvalue weighted by Crippen LogP contribution is 2.37. The molecule has 0 aromatic heterocycles. The molecule has 35 heavy (non-hydrogen) atoms. The Balaban J connectivity index is 1.39. The Morgan fingerprint density at radius 1 is 0.886 bits per heavy atom. The highest BCUT2D eigenvalue weighted by molar-refractivity contribution is 5.90. The van der Waals surface area contributed by atoms with E-state index in [1.54, 1.807) is 12.1 Å². The van der Waals surface area contributed by atoms with Crippen LogP contribution >= 0.6 is 0 Å². The van der Waals surface area contributed by atoms with E-state index in [0.29, 0.717) is 29.9 Å². The molecule has 0 spiro atoms. The van der Waals surface area contributed by atoms with Gasteiger partial charge < -0.3 is 14.8 Å². The second-order valence-corrected chi connectivity index (χ2v) is 12.0. The maximum atomic E-state index is 13.5. The molecule has 2 aliphatic carbocycles. The van der Waals surface area contributed by atoms with E-state index in [9.17, 15) is 9.59 Å². The number of ether oxygens (including phenoxy) is 2. The first kappa shape index (κ1) is 26.3. The predicted molar refractivity (Wildman–Crippen MR) is 139 cm³/mol. The summed E-state index contributed by atoms with van der Waals surface area (Å²) >= 11 is 0. The number of ketones is 1. The van der Waals surface area contributed by atoms with Crippen LogP contribution in [0.15, 0.2) is 24.3 Å². The summed E-state index contributed by atoms with van der Waals surface area (Å²) in [7, 11) is 0. The van der Waals surface area contributed by atoms with Crippen LogP contribution in [0.5, 0.6) is 0 Å². The summed E-state index contributed by atoms with van der Waals surface area (Å²) in [5.74, 6) is 0.899. The van der Waals surface area contributed by atoms with Crippen LogP contribution in [-0.4, -0.2) is 42.1 Å². The van der Waals surface area contributed by atoms with Crippen molar-refractivity contribution in [1.29, 1.82) is 0 Å². The molecule has 3 atom stereocenters. The summed E-state index contributed by atoms with van der Waals surface area (Å²) < 4.78 is 12.0. The molecule has 0 amide bonds. The van der Waals surface area contributed by atoms with Crippen LogP contribution < -0.4 is 5.32 Å². The van der Waals surface area contributed by atoms with Gasteiger partial charge in [0, 0.05) is 13.0 Å². The Labute approximate surface area is 211 Å². The van der Waals surface area contributed by atoms with Crippen molar-refractivity contribution in [1.82, 2.24) is 5.32 Å². The summed E-state index contributed by atoms with van der Waals surface area (Å²) in [6, 6.07) is 7.24. The van der Waals surface area contributed by atoms with E-state index in [1.165, 1.54) is 64.2 Å². The minimum absolute atomic E-state index is 0.102. The number of rotatable bonds is 7. The molecule has 194 valence electrons. The zero-order valence-corrected chi connectivity index (χ0v) is 22.0. The zero-order valence-electron chi connectivity index (χ0n) is 22.0. The summed E-state index contributed by atoms with van der Waals surface area (Å²) in [5, 5.41) is 3.63. The number of Topliss-reactive ketones (excluding diaryl/α,β-unsaturated/α-hetero) is 1. The van der Waals surface area contributed by atoms with Crippen LogP contribution in [0.25, 0.3) is 0 Å². The molecule has 0 bridgehead atoms. The highest BCUT2D eigenvalue weighted by Gasteiger charge is 2.40. The topological polar surface area (TPSA) is 64.6 Å². The smallest absolute Gasteiger partial charge is 0.338 e. The van der Waals surface area contributed by atoms with Gasteiger partial charge in [-0.15, -0.1) is 0 Å². The minimum Gasteiger partial charge on any atom is -0.456 e.